The summed E-state index contributed by atoms with van der Waals surface area (Å²) in [5.41, 5.74) is 0.632. The average molecular weight is 335 g/mol. The van der Waals surface area contributed by atoms with Crippen molar-refractivity contribution in [2.24, 2.45) is 0 Å². The predicted octanol–water partition coefficient (Wildman–Crippen LogP) is 3.62. The summed E-state index contributed by atoms with van der Waals surface area (Å²) in [5, 5.41) is 2.76. The Bertz CT molecular complexity index is 706. The second-order valence-corrected chi connectivity index (χ2v) is 5.24. The fourth-order valence-electron chi connectivity index (χ4n) is 2.17. The Kier molecular flexibility index (Phi) is 6.12. The number of halogens is 2. The molecule has 0 unspecified atom stereocenters. The van der Waals surface area contributed by atoms with E-state index < -0.39 is 11.6 Å². The molecule has 0 aliphatic heterocycles. The number of nitrogens with one attached hydrogen (secondary N) is 1. The van der Waals surface area contributed by atoms with Crippen LogP contribution in [0, 0.1) is 11.6 Å². The van der Waals surface area contributed by atoms with Gasteiger partial charge in [-0.3, -0.25) is 4.79 Å². The molecule has 4 nitrogen and oxygen atoms in total. The SMILES string of the molecule is COc1ccc([C@H](C)NC(=O)CCOc2cccc(F)c2)cc1F. The molecule has 128 valence electrons. The van der Waals surface area contributed by atoms with E-state index in [1.165, 1.54) is 37.4 Å². The molecule has 0 fully saturated rings. The first kappa shape index (κ1) is 17.7. The van der Waals surface area contributed by atoms with Crippen LogP contribution in [0.15, 0.2) is 42.5 Å². The highest BCUT2D eigenvalue weighted by Crippen LogP contribution is 2.21. The molecule has 24 heavy (non-hydrogen) atoms. The van der Waals surface area contributed by atoms with Crippen molar-refractivity contribution in [2.75, 3.05) is 13.7 Å². The van der Waals surface area contributed by atoms with Crippen molar-refractivity contribution in [1.29, 1.82) is 0 Å². The van der Waals surface area contributed by atoms with Crippen molar-refractivity contribution in [3.8, 4) is 11.5 Å². The van der Waals surface area contributed by atoms with Gasteiger partial charge in [-0.15, -0.1) is 0 Å². The summed E-state index contributed by atoms with van der Waals surface area (Å²) in [6, 6.07) is 9.89. The molecule has 6 heteroatoms. The smallest absolute Gasteiger partial charge is 0.223 e. The van der Waals surface area contributed by atoms with E-state index in [0.29, 0.717) is 11.3 Å². The van der Waals surface area contributed by atoms with Crippen LogP contribution in [0.3, 0.4) is 0 Å². The minimum atomic E-state index is -0.481. The Morgan fingerprint density at radius 3 is 2.67 bits per heavy atom. The maximum Gasteiger partial charge on any atom is 0.223 e. The number of rotatable bonds is 7. The van der Waals surface area contributed by atoms with Gasteiger partial charge in [0, 0.05) is 6.07 Å². The third kappa shape index (κ3) is 4.94. The van der Waals surface area contributed by atoms with Gasteiger partial charge in [0.15, 0.2) is 11.6 Å². The Morgan fingerprint density at radius 2 is 2.00 bits per heavy atom. The van der Waals surface area contributed by atoms with Crippen LogP contribution in [0.5, 0.6) is 11.5 Å². The summed E-state index contributed by atoms with van der Waals surface area (Å²) in [5.74, 6) is -0.596. The third-order valence-electron chi connectivity index (χ3n) is 3.45. The number of hydrogen-bond acceptors (Lipinski definition) is 3. The first-order chi connectivity index (χ1) is 11.5. The lowest BCUT2D eigenvalue weighted by Crippen LogP contribution is -2.27. The van der Waals surface area contributed by atoms with Gasteiger partial charge in [0.05, 0.1) is 26.2 Å². The molecule has 1 N–H and O–H groups in total. The van der Waals surface area contributed by atoms with Crippen LogP contribution >= 0.6 is 0 Å². The zero-order valence-corrected chi connectivity index (χ0v) is 13.5. The molecule has 1 amide bonds. The van der Waals surface area contributed by atoms with E-state index in [4.69, 9.17) is 9.47 Å². The van der Waals surface area contributed by atoms with E-state index in [1.54, 1.807) is 19.1 Å². The molecule has 2 aromatic carbocycles. The Balaban J connectivity index is 1.82. The monoisotopic (exact) mass is 335 g/mol. The van der Waals surface area contributed by atoms with Crippen LogP contribution < -0.4 is 14.8 Å². The summed E-state index contributed by atoms with van der Waals surface area (Å²) in [6.07, 6.45) is 0.111. The van der Waals surface area contributed by atoms with Crippen LogP contribution in [-0.4, -0.2) is 19.6 Å². The number of carbonyl (C=O) groups excluding carboxylic acids is 1. The van der Waals surface area contributed by atoms with E-state index in [1.807, 2.05) is 0 Å². The molecule has 0 radical (unpaired) electrons. The van der Waals surface area contributed by atoms with E-state index >= 15 is 0 Å². The fourth-order valence-corrected chi connectivity index (χ4v) is 2.17. The van der Waals surface area contributed by atoms with Gasteiger partial charge in [-0.2, -0.15) is 0 Å². The molecule has 0 saturated carbocycles. The number of methoxy groups -OCH3 is 1. The molecule has 0 aliphatic rings. The van der Waals surface area contributed by atoms with Gasteiger partial charge in [0.25, 0.3) is 0 Å². The standard InChI is InChI=1S/C18H19F2NO3/c1-12(13-6-7-17(23-2)16(20)10-13)21-18(22)8-9-24-15-5-3-4-14(19)11-15/h3-7,10-12H,8-9H2,1-2H3,(H,21,22)/t12-/m0/s1. The normalized spacial score (nSPS) is 11.7. The maximum atomic E-state index is 13.7. The average Bonchev–Trinajstić information content (AvgIpc) is 2.54. The maximum absolute atomic E-state index is 13.7. The summed E-state index contributed by atoms with van der Waals surface area (Å²) in [4.78, 5) is 11.9. The second-order valence-electron chi connectivity index (χ2n) is 5.24. The van der Waals surface area contributed by atoms with Gasteiger partial charge >= 0.3 is 0 Å². The summed E-state index contributed by atoms with van der Waals surface area (Å²) >= 11 is 0. The Hall–Kier alpha value is -2.63. The minimum Gasteiger partial charge on any atom is -0.494 e. The van der Waals surface area contributed by atoms with Crippen molar-refractivity contribution in [1.82, 2.24) is 5.32 Å². The zero-order chi connectivity index (χ0) is 17.5. The lowest BCUT2D eigenvalue weighted by atomic mass is 10.1. The molecule has 0 heterocycles. The van der Waals surface area contributed by atoms with E-state index in [0.717, 1.165) is 0 Å². The summed E-state index contributed by atoms with van der Waals surface area (Å²) in [6.45, 7) is 1.88. The minimum absolute atomic E-state index is 0.111. The van der Waals surface area contributed by atoms with Crippen LogP contribution in [0.4, 0.5) is 8.78 Å². The van der Waals surface area contributed by atoms with Crippen molar-refractivity contribution in [3.05, 3.63) is 59.7 Å². The lowest BCUT2D eigenvalue weighted by Gasteiger charge is -2.15. The highest BCUT2D eigenvalue weighted by atomic mass is 19.1. The van der Waals surface area contributed by atoms with Crippen molar-refractivity contribution < 1.29 is 23.0 Å². The van der Waals surface area contributed by atoms with Gasteiger partial charge in [-0.05, 0) is 36.8 Å². The highest BCUT2D eigenvalue weighted by Gasteiger charge is 2.12. The Labute approximate surface area is 139 Å². The van der Waals surface area contributed by atoms with Crippen LogP contribution in [-0.2, 0) is 4.79 Å². The second kappa shape index (κ2) is 8.29. The van der Waals surface area contributed by atoms with Crippen molar-refractivity contribution in [2.45, 2.75) is 19.4 Å². The molecule has 0 bridgehead atoms. The zero-order valence-electron chi connectivity index (χ0n) is 13.5. The van der Waals surface area contributed by atoms with E-state index in [-0.39, 0.29) is 30.7 Å². The van der Waals surface area contributed by atoms with Gasteiger partial charge in [-0.1, -0.05) is 12.1 Å². The van der Waals surface area contributed by atoms with Gasteiger partial charge in [-0.25, -0.2) is 8.78 Å². The number of amides is 1. The largest absolute Gasteiger partial charge is 0.494 e. The van der Waals surface area contributed by atoms with Crippen LogP contribution in [0.25, 0.3) is 0 Å². The topological polar surface area (TPSA) is 47.6 Å². The number of hydrogen-bond donors (Lipinski definition) is 1. The molecule has 1 atom stereocenters. The lowest BCUT2D eigenvalue weighted by molar-refractivity contribution is -0.122. The van der Waals surface area contributed by atoms with E-state index in [9.17, 15) is 13.6 Å². The molecule has 2 rings (SSSR count). The molecule has 0 aromatic heterocycles. The number of benzene rings is 2. The van der Waals surface area contributed by atoms with E-state index in [2.05, 4.69) is 5.32 Å². The molecule has 0 saturated heterocycles. The Morgan fingerprint density at radius 1 is 1.21 bits per heavy atom. The fraction of sp³-hybridized carbons (Fsp3) is 0.278. The predicted molar refractivity (Wildman–Crippen MR) is 86.0 cm³/mol. The molecular weight excluding hydrogens is 316 g/mol. The quantitative estimate of drug-likeness (QED) is 0.841. The first-order valence-corrected chi connectivity index (χ1v) is 7.50. The molecule has 0 spiro atoms. The van der Waals surface area contributed by atoms with Gasteiger partial charge in [0.1, 0.15) is 11.6 Å². The number of ether oxygens (including phenoxy) is 2. The van der Waals surface area contributed by atoms with Crippen molar-refractivity contribution >= 4 is 5.91 Å². The first-order valence-electron chi connectivity index (χ1n) is 7.50. The number of carbonyl (C=O) groups is 1. The molecule has 0 aliphatic carbocycles. The van der Waals surface area contributed by atoms with Gasteiger partial charge in [0.2, 0.25) is 5.91 Å². The van der Waals surface area contributed by atoms with Crippen molar-refractivity contribution in [3.63, 3.8) is 0 Å². The molecule has 2 aromatic rings. The van der Waals surface area contributed by atoms with Gasteiger partial charge < -0.3 is 14.8 Å². The molecular formula is C18H19F2NO3. The third-order valence-corrected chi connectivity index (χ3v) is 3.45. The van der Waals surface area contributed by atoms with Crippen LogP contribution in [0.2, 0.25) is 0 Å². The highest BCUT2D eigenvalue weighted by molar-refractivity contribution is 5.76. The summed E-state index contributed by atoms with van der Waals surface area (Å²) in [7, 11) is 1.39. The summed E-state index contributed by atoms with van der Waals surface area (Å²) < 4.78 is 36.9. The van der Waals surface area contributed by atoms with Crippen LogP contribution in [0.1, 0.15) is 24.9 Å².